The third-order valence-electron chi connectivity index (χ3n) is 5.26. The molecule has 31 heavy (non-hydrogen) atoms. The summed E-state index contributed by atoms with van der Waals surface area (Å²) < 4.78 is 0. The highest BCUT2D eigenvalue weighted by molar-refractivity contribution is 7.15. The number of rotatable bonds is 5. The van der Waals surface area contributed by atoms with Gasteiger partial charge < -0.3 is 4.90 Å². The molecule has 0 spiro atoms. The molecule has 158 valence electrons. The van der Waals surface area contributed by atoms with Crippen LogP contribution in [0.3, 0.4) is 0 Å². The zero-order chi connectivity index (χ0) is 22.1. The number of nitrogens with zero attached hydrogens (tertiary/aromatic N) is 4. The minimum Gasteiger partial charge on any atom is -0.312 e. The van der Waals surface area contributed by atoms with Crippen LogP contribution in [-0.4, -0.2) is 33.5 Å². The minimum absolute atomic E-state index is 0.0191. The maximum absolute atomic E-state index is 12.6. The Hall–Kier alpha value is -3.66. The Morgan fingerprint density at radius 2 is 2.00 bits per heavy atom. The average molecular weight is 437 g/mol. The summed E-state index contributed by atoms with van der Waals surface area (Å²) in [6, 6.07) is 11.4. The van der Waals surface area contributed by atoms with Gasteiger partial charge in [0.25, 0.3) is 11.6 Å². The van der Waals surface area contributed by atoms with Gasteiger partial charge in [-0.25, -0.2) is 0 Å². The molecule has 1 aromatic heterocycles. The van der Waals surface area contributed by atoms with E-state index in [0.29, 0.717) is 18.0 Å². The average Bonchev–Trinajstić information content (AvgIpc) is 3.36. The molecule has 1 saturated heterocycles. The molecule has 1 unspecified atom stereocenters. The molecule has 10 heteroatoms. The van der Waals surface area contributed by atoms with E-state index in [4.69, 9.17) is 0 Å². The number of nitro benzene ring substituents is 1. The number of aryl methyl sites for hydroxylation is 2. The van der Waals surface area contributed by atoms with Gasteiger partial charge in [0.15, 0.2) is 0 Å². The van der Waals surface area contributed by atoms with Crippen molar-refractivity contribution in [2.75, 3.05) is 16.8 Å². The lowest BCUT2D eigenvalue weighted by Gasteiger charge is -2.17. The van der Waals surface area contributed by atoms with Crippen molar-refractivity contribution in [2.45, 2.75) is 26.2 Å². The first-order valence-electron chi connectivity index (χ1n) is 9.58. The summed E-state index contributed by atoms with van der Waals surface area (Å²) in [5, 5.41) is 22.6. The number of nitro groups is 1. The van der Waals surface area contributed by atoms with Crippen LogP contribution in [0.25, 0.3) is 0 Å². The number of anilines is 2. The Labute approximate surface area is 181 Å². The number of non-ortho nitro benzene ring substituents is 1. The lowest BCUT2D eigenvalue weighted by Crippen LogP contribution is -2.24. The molecule has 2 heterocycles. The first-order valence-corrected chi connectivity index (χ1v) is 10.4. The number of nitrogens with one attached hydrogen (secondary N) is 1. The van der Waals surface area contributed by atoms with Crippen LogP contribution in [-0.2, 0) is 4.79 Å². The number of amides is 2. The fraction of sp³-hybridized carbons (Fsp3) is 0.238. The van der Waals surface area contributed by atoms with Crippen molar-refractivity contribution in [1.82, 2.24) is 10.2 Å². The van der Waals surface area contributed by atoms with E-state index in [0.717, 1.165) is 11.3 Å². The normalized spacial score (nSPS) is 15.9. The molecule has 2 amide bonds. The number of benzene rings is 2. The van der Waals surface area contributed by atoms with Gasteiger partial charge in [0.05, 0.1) is 4.92 Å². The van der Waals surface area contributed by atoms with Crippen molar-refractivity contribution in [2.24, 2.45) is 0 Å². The fourth-order valence-corrected chi connectivity index (χ4v) is 4.23. The van der Waals surface area contributed by atoms with Crippen LogP contribution >= 0.6 is 11.3 Å². The van der Waals surface area contributed by atoms with Crippen LogP contribution in [0.15, 0.2) is 42.5 Å². The third kappa shape index (κ3) is 4.29. The quantitative estimate of drug-likeness (QED) is 0.479. The van der Waals surface area contributed by atoms with Gasteiger partial charge in [0.2, 0.25) is 11.0 Å². The molecule has 3 aromatic rings. The molecule has 1 aliphatic heterocycles. The van der Waals surface area contributed by atoms with E-state index in [1.807, 2.05) is 32.0 Å². The van der Waals surface area contributed by atoms with Gasteiger partial charge >= 0.3 is 0 Å². The van der Waals surface area contributed by atoms with Crippen molar-refractivity contribution in [3.8, 4) is 0 Å². The summed E-state index contributed by atoms with van der Waals surface area (Å²) in [7, 11) is 0. The second-order valence-electron chi connectivity index (χ2n) is 7.38. The van der Waals surface area contributed by atoms with Crippen LogP contribution < -0.4 is 10.2 Å². The summed E-state index contributed by atoms with van der Waals surface area (Å²) in [4.78, 5) is 37.1. The highest BCUT2D eigenvalue weighted by Crippen LogP contribution is 2.35. The van der Waals surface area contributed by atoms with Crippen molar-refractivity contribution in [3.05, 3.63) is 74.3 Å². The van der Waals surface area contributed by atoms with Crippen molar-refractivity contribution in [1.29, 1.82) is 0 Å². The Balaban J connectivity index is 1.46. The lowest BCUT2D eigenvalue weighted by molar-refractivity contribution is -0.384. The molecule has 1 fully saturated rings. The maximum atomic E-state index is 12.6. The standard InChI is InChI=1S/C21H19N5O4S/c1-12-6-7-16(8-13(12)2)25-11-15(10-18(25)27)20-23-24-21(31-20)22-19(28)14-4-3-5-17(9-14)26(29)30/h3-9,15H,10-11H2,1-2H3,(H,22,24,28). The number of carbonyl (C=O) groups is 2. The SMILES string of the molecule is Cc1ccc(N2CC(c3nnc(NC(=O)c4cccc([N+](=O)[O-])c4)s3)CC2=O)cc1C. The lowest BCUT2D eigenvalue weighted by atomic mass is 10.1. The monoisotopic (exact) mass is 437 g/mol. The Bertz CT molecular complexity index is 1190. The molecule has 1 atom stereocenters. The van der Waals surface area contributed by atoms with Gasteiger partial charge in [-0.15, -0.1) is 10.2 Å². The Kier molecular flexibility index (Phi) is 5.47. The van der Waals surface area contributed by atoms with Crippen LogP contribution in [0.2, 0.25) is 0 Å². The predicted molar refractivity (Wildman–Crippen MR) is 117 cm³/mol. The van der Waals surface area contributed by atoms with E-state index in [-0.39, 0.29) is 28.2 Å². The summed E-state index contributed by atoms with van der Waals surface area (Å²) in [6.07, 6.45) is 0.320. The van der Waals surface area contributed by atoms with Gasteiger partial charge in [-0.05, 0) is 43.2 Å². The molecule has 9 nitrogen and oxygen atoms in total. The van der Waals surface area contributed by atoms with E-state index in [1.54, 1.807) is 4.90 Å². The second kappa shape index (κ2) is 8.23. The Morgan fingerprint density at radius 1 is 1.19 bits per heavy atom. The minimum atomic E-state index is -0.557. The number of hydrogen-bond donors (Lipinski definition) is 1. The van der Waals surface area contributed by atoms with Crippen molar-refractivity contribution in [3.63, 3.8) is 0 Å². The first kappa shape index (κ1) is 20.6. The molecule has 4 rings (SSSR count). The number of hydrogen-bond acceptors (Lipinski definition) is 7. The van der Waals surface area contributed by atoms with Gasteiger partial charge in [-0.3, -0.25) is 25.0 Å². The van der Waals surface area contributed by atoms with Crippen LogP contribution in [0.5, 0.6) is 0 Å². The third-order valence-corrected chi connectivity index (χ3v) is 6.26. The van der Waals surface area contributed by atoms with Crippen molar-refractivity contribution >= 4 is 39.7 Å². The number of carbonyl (C=O) groups excluding carboxylic acids is 2. The summed E-state index contributed by atoms with van der Waals surface area (Å²) >= 11 is 1.20. The molecule has 0 radical (unpaired) electrons. The van der Waals surface area contributed by atoms with Gasteiger partial charge in [-0.1, -0.05) is 23.5 Å². The summed E-state index contributed by atoms with van der Waals surface area (Å²) in [6.45, 7) is 4.53. The first-order chi connectivity index (χ1) is 14.8. The van der Waals surface area contributed by atoms with Crippen LogP contribution in [0.1, 0.15) is 38.8 Å². The molecular weight excluding hydrogens is 418 g/mol. The fourth-order valence-electron chi connectivity index (χ4n) is 3.40. The molecule has 1 aliphatic rings. The zero-order valence-electron chi connectivity index (χ0n) is 16.9. The second-order valence-corrected chi connectivity index (χ2v) is 8.39. The summed E-state index contributed by atoms with van der Waals surface area (Å²) in [5.41, 5.74) is 3.14. The molecule has 2 aromatic carbocycles. The van der Waals surface area contributed by atoms with Crippen LogP contribution in [0.4, 0.5) is 16.5 Å². The summed E-state index contributed by atoms with van der Waals surface area (Å²) in [5.74, 6) is -0.605. The molecular formula is C21H19N5O4S. The number of aromatic nitrogens is 2. The van der Waals surface area contributed by atoms with E-state index in [2.05, 4.69) is 15.5 Å². The molecule has 0 saturated carbocycles. The van der Waals surface area contributed by atoms with Gasteiger partial charge in [0, 0.05) is 42.3 Å². The topological polar surface area (TPSA) is 118 Å². The Morgan fingerprint density at radius 3 is 2.74 bits per heavy atom. The predicted octanol–water partition coefficient (Wildman–Crippen LogP) is 3.84. The molecule has 1 N–H and O–H groups in total. The highest BCUT2D eigenvalue weighted by atomic mass is 32.1. The van der Waals surface area contributed by atoms with Gasteiger partial charge in [-0.2, -0.15) is 0 Å². The van der Waals surface area contributed by atoms with Gasteiger partial charge in [0.1, 0.15) is 5.01 Å². The maximum Gasteiger partial charge on any atom is 0.270 e. The van der Waals surface area contributed by atoms with E-state index in [9.17, 15) is 19.7 Å². The van der Waals surface area contributed by atoms with E-state index in [1.165, 1.54) is 41.2 Å². The molecule has 0 bridgehead atoms. The van der Waals surface area contributed by atoms with Crippen molar-refractivity contribution < 1.29 is 14.5 Å². The van der Waals surface area contributed by atoms with Crippen LogP contribution in [0, 0.1) is 24.0 Å². The smallest absolute Gasteiger partial charge is 0.270 e. The largest absolute Gasteiger partial charge is 0.312 e. The van der Waals surface area contributed by atoms with E-state index >= 15 is 0 Å². The van der Waals surface area contributed by atoms with E-state index < -0.39 is 10.8 Å². The zero-order valence-corrected chi connectivity index (χ0v) is 17.7. The highest BCUT2D eigenvalue weighted by Gasteiger charge is 2.34. The molecule has 0 aliphatic carbocycles.